The van der Waals surface area contributed by atoms with Gasteiger partial charge in [0, 0.05) is 17.1 Å². The van der Waals surface area contributed by atoms with Crippen LogP contribution >= 0.6 is 28.3 Å². The van der Waals surface area contributed by atoms with Gasteiger partial charge < -0.3 is 11.1 Å². The predicted molar refractivity (Wildman–Crippen MR) is 95.2 cm³/mol. The Kier molecular flexibility index (Phi) is 5.92. The van der Waals surface area contributed by atoms with Crippen molar-refractivity contribution in [3.05, 3.63) is 34.3 Å². The Morgan fingerprint density at radius 2 is 2.05 bits per heavy atom. The molecule has 1 aromatic carbocycles. The number of rotatable bonds is 5. The average molecular weight is 388 g/mol. The molecule has 1 unspecified atom stereocenters. The largest absolute Gasteiger partial charge is 0.351 e. The molecule has 3 nitrogen and oxygen atoms in total. The van der Waals surface area contributed by atoms with Gasteiger partial charge in [-0.1, -0.05) is 40.9 Å². The van der Waals surface area contributed by atoms with Crippen molar-refractivity contribution >= 4 is 34.2 Å². The number of amides is 1. The SMILES string of the molecule is Cl.NCC(NC(=O)C1(c2cccc(Br)c2)CCCC1)C1CC1. The zero-order valence-corrected chi connectivity index (χ0v) is 15.1. The summed E-state index contributed by atoms with van der Waals surface area (Å²) in [5, 5.41) is 3.25. The first kappa shape index (κ1) is 17.8. The Hall–Kier alpha value is -0.580. The summed E-state index contributed by atoms with van der Waals surface area (Å²) >= 11 is 3.53. The molecule has 1 aromatic rings. The van der Waals surface area contributed by atoms with Crippen LogP contribution in [-0.2, 0) is 10.2 Å². The Labute approximate surface area is 147 Å². The van der Waals surface area contributed by atoms with Crippen molar-refractivity contribution in [3.8, 4) is 0 Å². The highest BCUT2D eigenvalue weighted by molar-refractivity contribution is 9.10. The summed E-state index contributed by atoms with van der Waals surface area (Å²) in [6, 6.07) is 8.37. The zero-order chi connectivity index (χ0) is 14.9. The lowest BCUT2D eigenvalue weighted by Gasteiger charge is -2.31. The number of hydrogen-bond donors (Lipinski definition) is 2. The lowest BCUT2D eigenvalue weighted by Crippen LogP contribution is -2.50. The summed E-state index contributed by atoms with van der Waals surface area (Å²) in [5.41, 5.74) is 6.63. The number of nitrogens with one attached hydrogen (secondary N) is 1. The smallest absolute Gasteiger partial charge is 0.230 e. The third-order valence-electron chi connectivity index (χ3n) is 5.03. The number of hydrogen-bond acceptors (Lipinski definition) is 2. The summed E-state index contributed by atoms with van der Waals surface area (Å²) < 4.78 is 1.04. The minimum Gasteiger partial charge on any atom is -0.351 e. The molecule has 22 heavy (non-hydrogen) atoms. The molecular weight excluding hydrogens is 364 g/mol. The van der Waals surface area contributed by atoms with Crippen molar-refractivity contribution in [3.63, 3.8) is 0 Å². The van der Waals surface area contributed by atoms with Gasteiger partial charge in [-0.05, 0) is 49.3 Å². The van der Waals surface area contributed by atoms with Crippen LogP contribution in [0.15, 0.2) is 28.7 Å². The molecule has 0 aromatic heterocycles. The van der Waals surface area contributed by atoms with Gasteiger partial charge in [0.05, 0.1) is 5.41 Å². The van der Waals surface area contributed by atoms with Gasteiger partial charge in [0.1, 0.15) is 0 Å². The van der Waals surface area contributed by atoms with Crippen molar-refractivity contribution in [2.24, 2.45) is 11.7 Å². The molecule has 0 aliphatic heterocycles. The molecule has 2 fully saturated rings. The van der Waals surface area contributed by atoms with Crippen molar-refractivity contribution < 1.29 is 4.79 Å². The monoisotopic (exact) mass is 386 g/mol. The lowest BCUT2D eigenvalue weighted by molar-refractivity contribution is -0.127. The maximum atomic E-state index is 13.0. The van der Waals surface area contributed by atoms with Gasteiger partial charge in [-0.15, -0.1) is 12.4 Å². The molecule has 5 heteroatoms. The van der Waals surface area contributed by atoms with Crippen LogP contribution in [0.1, 0.15) is 44.1 Å². The third kappa shape index (κ3) is 3.50. The van der Waals surface area contributed by atoms with E-state index in [1.165, 1.54) is 12.8 Å². The van der Waals surface area contributed by atoms with Gasteiger partial charge in [-0.25, -0.2) is 0 Å². The first-order valence-electron chi connectivity index (χ1n) is 7.93. The van der Waals surface area contributed by atoms with Crippen LogP contribution in [0.2, 0.25) is 0 Å². The molecule has 122 valence electrons. The lowest BCUT2D eigenvalue weighted by atomic mass is 9.77. The Bertz CT molecular complexity index is 527. The van der Waals surface area contributed by atoms with Crippen LogP contribution in [0.25, 0.3) is 0 Å². The Balaban J connectivity index is 0.00000176. The second kappa shape index (κ2) is 7.33. The molecule has 3 N–H and O–H groups in total. The highest BCUT2D eigenvalue weighted by Crippen LogP contribution is 2.42. The van der Waals surface area contributed by atoms with E-state index < -0.39 is 0 Å². The van der Waals surface area contributed by atoms with E-state index in [0.29, 0.717) is 12.5 Å². The first-order chi connectivity index (χ1) is 10.2. The molecule has 2 saturated carbocycles. The average Bonchev–Trinajstić information content (AvgIpc) is 3.20. The van der Waals surface area contributed by atoms with Gasteiger partial charge in [0.15, 0.2) is 0 Å². The van der Waals surface area contributed by atoms with E-state index >= 15 is 0 Å². The molecular formula is C17H24BrClN2O. The van der Waals surface area contributed by atoms with Crippen LogP contribution in [-0.4, -0.2) is 18.5 Å². The molecule has 2 aliphatic carbocycles. The molecule has 1 atom stereocenters. The van der Waals surface area contributed by atoms with Gasteiger partial charge in [0.25, 0.3) is 0 Å². The van der Waals surface area contributed by atoms with E-state index in [-0.39, 0.29) is 29.8 Å². The van der Waals surface area contributed by atoms with E-state index in [2.05, 4.69) is 33.4 Å². The quantitative estimate of drug-likeness (QED) is 0.812. The topological polar surface area (TPSA) is 55.1 Å². The van der Waals surface area contributed by atoms with Crippen molar-refractivity contribution in [1.29, 1.82) is 0 Å². The molecule has 0 saturated heterocycles. The second-order valence-electron chi connectivity index (χ2n) is 6.45. The molecule has 0 bridgehead atoms. The Morgan fingerprint density at radius 3 is 2.59 bits per heavy atom. The van der Waals surface area contributed by atoms with E-state index in [9.17, 15) is 4.79 Å². The standard InChI is InChI=1S/C17H23BrN2O.ClH/c18-14-5-3-4-13(10-14)17(8-1-2-9-17)16(21)20-15(11-19)12-6-7-12;/h3-5,10,12,15H,1-2,6-9,11,19H2,(H,20,21);1H. The van der Waals surface area contributed by atoms with Crippen LogP contribution in [0, 0.1) is 5.92 Å². The van der Waals surface area contributed by atoms with Gasteiger partial charge in [-0.2, -0.15) is 0 Å². The van der Waals surface area contributed by atoms with Gasteiger partial charge in [-0.3, -0.25) is 4.79 Å². The fourth-order valence-corrected chi connectivity index (χ4v) is 3.99. The maximum absolute atomic E-state index is 13.0. The first-order valence-corrected chi connectivity index (χ1v) is 8.72. The van der Waals surface area contributed by atoms with E-state index in [0.717, 1.165) is 35.7 Å². The van der Waals surface area contributed by atoms with Crippen molar-refractivity contribution in [2.45, 2.75) is 50.0 Å². The predicted octanol–water partition coefficient (Wildman–Crippen LogP) is 3.54. The summed E-state index contributed by atoms with van der Waals surface area (Å²) in [5.74, 6) is 0.778. The van der Waals surface area contributed by atoms with E-state index in [1.54, 1.807) is 0 Å². The maximum Gasteiger partial charge on any atom is 0.230 e. The fraction of sp³-hybridized carbons (Fsp3) is 0.588. The van der Waals surface area contributed by atoms with Crippen LogP contribution in [0.4, 0.5) is 0 Å². The number of halogens is 2. The van der Waals surface area contributed by atoms with Crippen molar-refractivity contribution in [1.82, 2.24) is 5.32 Å². The summed E-state index contributed by atoms with van der Waals surface area (Å²) in [4.78, 5) is 13.0. The van der Waals surface area contributed by atoms with Crippen LogP contribution in [0.5, 0.6) is 0 Å². The summed E-state index contributed by atoms with van der Waals surface area (Å²) in [6.07, 6.45) is 6.53. The molecule has 0 heterocycles. The summed E-state index contributed by atoms with van der Waals surface area (Å²) in [7, 11) is 0. The highest BCUT2D eigenvalue weighted by Gasteiger charge is 2.44. The summed E-state index contributed by atoms with van der Waals surface area (Å²) in [6.45, 7) is 0.547. The van der Waals surface area contributed by atoms with E-state index in [4.69, 9.17) is 5.73 Å². The van der Waals surface area contributed by atoms with Crippen LogP contribution in [0.3, 0.4) is 0 Å². The molecule has 3 rings (SSSR count). The van der Waals surface area contributed by atoms with Gasteiger partial charge >= 0.3 is 0 Å². The van der Waals surface area contributed by atoms with Gasteiger partial charge in [0.2, 0.25) is 5.91 Å². The molecule has 0 radical (unpaired) electrons. The Morgan fingerprint density at radius 1 is 1.36 bits per heavy atom. The molecule has 2 aliphatic rings. The molecule has 0 spiro atoms. The number of carbonyl (C=O) groups excluding carboxylic acids is 1. The number of benzene rings is 1. The number of nitrogens with two attached hydrogens (primary N) is 1. The van der Waals surface area contributed by atoms with E-state index in [1.807, 2.05) is 12.1 Å². The normalized spacial score (nSPS) is 21.0. The third-order valence-corrected chi connectivity index (χ3v) is 5.52. The minimum absolute atomic E-state index is 0. The minimum atomic E-state index is -0.355. The molecule has 1 amide bonds. The van der Waals surface area contributed by atoms with Crippen molar-refractivity contribution in [2.75, 3.05) is 6.54 Å². The van der Waals surface area contributed by atoms with Crippen LogP contribution < -0.4 is 11.1 Å². The zero-order valence-electron chi connectivity index (χ0n) is 12.7. The second-order valence-corrected chi connectivity index (χ2v) is 7.37. The number of carbonyl (C=O) groups is 1. The fourth-order valence-electron chi connectivity index (χ4n) is 3.59. The highest BCUT2D eigenvalue weighted by atomic mass is 79.9.